The second-order valence-electron chi connectivity index (χ2n) is 5.00. The summed E-state index contributed by atoms with van der Waals surface area (Å²) in [7, 11) is 0. The number of hydrogen-bond donors (Lipinski definition) is 0. The summed E-state index contributed by atoms with van der Waals surface area (Å²) in [4.78, 5) is 0. The lowest BCUT2D eigenvalue weighted by atomic mass is 10.1. The van der Waals surface area contributed by atoms with Crippen molar-refractivity contribution in [2.24, 2.45) is 0 Å². The zero-order chi connectivity index (χ0) is 15.2. The van der Waals surface area contributed by atoms with Gasteiger partial charge in [0.1, 0.15) is 5.69 Å². The van der Waals surface area contributed by atoms with Crippen molar-refractivity contribution in [3.8, 4) is 0 Å². The van der Waals surface area contributed by atoms with E-state index in [1.54, 1.807) is 0 Å². The summed E-state index contributed by atoms with van der Waals surface area (Å²) in [6, 6.07) is 6.43. The van der Waals surface area contributed by atoms with E-state index in [1.165, 1.54) is 16.7 Å². The molecular formula is C16H23N3O2. The van der Waals surface area contributed by atoms with Crippen LogP contribution in [0.5, 0.6) is 0 Å². The minimum Gasteiger partial charge on any atom is -0.347 e. The Kier molecular flexibility index (Phi) is 5.47. The van der Waals surface area contributed by atoms with E-state index in [0.717, 1.165) is 0 Å². The zero-order valence-electron chi connectivity index (χ0n) is 13.2. The van der Waals surface area contributed by atoms with Crippen LogP contribution >= 0.6 is 0 Å². The molecule has 114 valence electrons. The van der Waals surface area contributed by atoms with E-state index >= 15 is 0 Å². The van der Waals surface area contributed by atoms with Gasteiger partial charge in [0.2, 0.25) is 6.29 Å². The van der Waals surface area contributed by atoms with Gasteiger partial charge in [-0.25, -0.2) is 4.68 Å². The molecule has 21 heavy (non-hydrogen) atoms. The zero-order valence-corrected chi connectivity index (χ0v) is 13.2. The highest BCUT2D eigenvalue weighted by atomic mass is 16.7. The molecule has 0 radical (unpaired) electrons. The molecule has 0 aliphatic carbocycles. The van der Waals surface area contributed by atoms with Crippen LogP contribution in [0.3, 0.4) is 0 Å². The number of aryl methyl sites for hydroxylation is 2. The van der Waals surface area contributed by atoms with Crippen LogP contribution in [-0.2, 0) is 16.0 Å². The van der Waals surface area contributed by atoms with Gasteiger partial charge in [-0.2, -0.15) is 0 Å². The van der Waals surface area contributed by atoms with Crippen molar-refractivity contribution < 1.29 is 9.47 Å². The predicted octanol–water partition coefficient (Wildman–Crippen LogP) is 3.01. The molecular weight excluding hydrogens is 266 g/mol. The van der Waals surface area contributed by atoms with Crippen molar-refractivity contribution in [3.63, 3.8) is 0 Å². The average Bonchev–Trinajstić information content (AvgIpc) is 2.91. The van der Waals surface area contributed by atoms with Crippen LogP contribution < -0.4 is 0 Å². The Morgan fingerprint density at radius 1 is 1.10 bits per heavy atom. The summed E-state index contributed by atoms with van der Waals surface area (Å²) >= 11 is 0. The number of aromatic nitrogens is 3. The quantitative estimate of drug-likeness (QED) is 0.735. The molecule has 0 bridgehead atoms. The Labute approximate surface area is 125 Å². The molecule has 1 aromatic heterocycles. The van der Waals surface area contributed by atoms with Crippen LogP contribution in [0, 0.1) is 13.8 Å². The fraction of sp³-hybridized carbons (Fsp3) is 0.500. The van der Waals surface area contributed by atoms with Crippen LogP contribution in [0.1, 0.15) is 42.5 Å². The second kappa shape index (κ2) is 7.33. The molecule has 0 N–H and O–H groups in total. The van der Waals surface area contributed by atoms with Crippen LogP contribution in [0.15, 0.2) is 24.4 Å². The van der Waals surface area contributed by atoms with E-state index in [2.05, 4.69) is 42.4 Å². The summed E-state index contributed by atoms with van der Waals surface area (Å²) in [6.07, 6.45) is 1.44. The van der Waals surface area contributed by atoms with Crippen molar-refractivity contribution >= 4 is 0 Å². The number of ether oxygens (including phenoxy) is 2. The molecule has 5 nitrogen and oxygen atoms in total. The maximum atomic E-state index is 5.53. The molecule has 2 rings (SSSR count). The summed E-state index contributed by atoms with van der Waals surface area (Å²) in [5, 5.41) is 8.31. The standard InChI is InChI=1S/C16H23N3O2/c1-5-20-16(21-6-2)15-11-19(18-17-15)10-14-8-7-12(3)13(4)9-14/h7-9,11,16H,5-6,10H2,1-4H3. The lowest BCUT2D eigenvalue weighted by Crippen LogP contribution is -2.09. The van der Waals surface area contributed by atoms with Gasteiger partial charge in [-0.1, -0.05) is 23.4 Å². The highest BCUT2D eigenvalue weighted by Gasteiger charge is 2.15. The molecule has 0 aliphatic rings. The van der Waals surface area contributed by atoms with Crippen LogP contribution in [0.25, 0.3) is 0 Å². The van der Waals surface area contributed by atoms with Crippen molar-refractivity contribution in [2.75, 3.05) is 13.2 Å². The molecule has 0 unspecified atom stereocenters. The Morgan fingerprint density at radius 2 is 1.81 bits per heavy atom. The van der Waals surface area contributed by atoms with Gasteiger partial charge in [0.15, 0.2) is 0 Å². The third-order valence-corrected chi connectivity index (χ3v) is 3.35. The number of rotatable bonds is 7. The third kappa shape index (κ3) is 4.12. The second-order valence-corrected chi connectivity index (χ2v) is 5.00. The first-order chi connectivity index (χ1) is 10.1. The maximum Gasteiger partial charge on any atom is 0.204 e. The minimum atomic E-state index is -0.437. The molecule has 0 fully saturated rings. The van der Waals surface area contributed by atoms with Crippen molar-refractivity contribution in [1.29, 1.82) is 0 Å². The highest BCUT2D eigenvalue weighted by Crippen LogP contribution is 2.17. The van der Waals surface area contributed by atoms with E-state index in [1.807, 2.05) is 24.7 Å². The first-order valence-electron chi connectivity index (χ1n) is 7.33. The smallest absolute Gasteiger partial charge is 0.204 e. The Balaban J connectivity index is 2.09. The van der Waals surface area contributed by atoms with E-state index in [4.69, 9.17) is 9.47 Å². The maximum absolute atomic E-state index is 5.53. The van der Waals surface area contributed by atoms with Gasteiger partial charge in [0.25, 0.3) is 0 Å². The van der Waals surface area contributed by atoms with Crippen LogP contribution in [0.2, 0.25) is 0 Å². The first kappa shape index (κ1) is 15.7. The average molecular weight is 289 g/mol. The van der Waals surface area contributed by atoms with Crippen molar-refractivity contribution in [1.82, 2.24) is 15.0 Å². The first-order valence-corrected chi connectivity index (χ1v) is 7.33. The Hall–Kier alpha value is -1.72. The third-order valence-electron chi connectivity index (χ3n) is 3.35. The van der Waals surface area contributed by atoms with Gasteiger partial charge < -0.3 is 9.47 Å². The molecule has 0 amide bonds. The molecule has 2 aromatic rings. The number of benzene rings is 1. The lowest BCUT2D eigenvalue weighted by molar-refractivity contribution is -0.142. The SMILES string of the molecule is CCOC(OCC)c1cn(Cc2ccc(C)c(C)c2)nn1. The molecule has 0 saturated heterocycles. The summed E-state index contributed by atoms with van der Waals surface area (Å²) < 4.78 is 12.9. The van der Waals surface area contributed by atoms with Gasteiger partial charge in [0, 0.05) is 13.2 Å². The minimum absolute atomic E-state index is 0.437. The van der Waals surface area contributed by atoms with Gasteiger partial charge in [-0.05, 0) is 44.4 Å². The van der Waals surface area contributed by atoms with Crippen LogP contribution in [0.4, 0.5) is 0 Å². The monoisotopic (exact) mass is 289 g/mol. The van der Waals surface area contributed by atoms with Gasteiger partial charge in [-0.3, -0.25) is 0 Å². The molecule has 5 heteroatoms. The molecule has 0 saturated carbocycles. The fourth-order valence-electron chi connectivity index (χ4n) is 2.11. The van der Waals surface area contributed by atoms with E-state index in [0.29, 0.717) is 25.5 Å². The summed E-state index contributed by atoms with van der Waals surface area (Å²) in [5.74, 6) is 0. The van der Waals surface area contributed by atoms with Crippen LogP contribution in [-0.4, -0.2) is 28.2 Å². The summed E-state index contributed by atoms with van der Waals surface area (Å²) in [5.41, 5.74) is 4.50. The van der Waals surface area contributed by atoms with Gasteiger partial charge in [-0.15, -0.1) is 5.10 Å². The number of nitrogens with zero attached hydrogens (tertiary/aromatic N) is 3. The summed E-state index contributed by atoms with van der Waals surface area (Å²) in [6.45, 7) is 9.95. The van der Waals surface area contributed by atoms with E-state index < -0.39 is 6.29 Å². The Bertz CT molecular complexity index is 575. The molecule has 0 spiro atoms. The van der Waals surface area contributed by atoms with Gasteiger partial charge in [0.05, 0.1) is 12.7 Å². The molecule has 0 atom stereocenters. The Morgan fingerprint density at radius 3 is 2.43 bits per heavy atom. The topological polar surface area (TPSA) is 49.2 Å². The fourth-order valence-corrected chi connectivity index (χ4v) is 2.11. The number of hydrogen-bond acceptors (Lipinski definition) is 4. The largest absolute Gasteiger partial charge is 0.347 e. The highest BCUT2D eigenvalue weighted by molar-refractivity contribution is 5.29. The molecule has 1 heterocycles. The van der Waals surface area contributed by atoms with E-state index in [-0.39, 0.29) is 0 Å². The van der Waals surface area contributed by atoms with Crippen molar-refractivity contribution in [3.05, 3.63) is 46.8 Å². The molecule has 0 aliphatic heterocycles. The van der Waals surface area contributed by atoms with E-state index in [9.17, 15) is 0 Å². The lowest BCUT2D eigenvalue weighted by Gasteiger charge is -2.13. The van der Waals surface area contributed by atoms with Crippen molar-refractivity contribution in [2.45, 2.75) is 40.5 Å². The predicted molar refractivity (Wildman–Crippen MR) is 81.0 cm³/mol. The van der Waals surface area contributed by atoms with Gasteiger partial charge >= 0.3 is 0 Å². The molecule has 1 aromatic carbocycles. The normalized spacial score (nSPS) is 11.3.